The molecule has 2 amide bonds. The molecule has 1 aliphatic carbocycles. The van der Waals surface area contributed by atoms with E-state index in [1.807, 2.05) is 61.5 Å². The number of hydrogen-bond donors (Lipinski definition) is 2. The van der Waals surface area contributed by atoms with Gasteiger partial charge in [-0.3, -0.25) is 19.0 Å². The number of carbonyl (C=O) groups excluding carboxylic acids is 2. The summed E-state index contributed by atoms with van der Waals surface area (Å²) in [6, 6.07) is 22.7. The van der Waals surface area contributed by atoms with Crippen LogP contribution >= 0.6 is 11.8 Å². The molecular formula is C33H36N4O3S. The molecule has 7 nitrogen and oxygen atoms in total. The first-order valence-electron chi connectivity index (χ1n) is 14.4. The average Bonchev–Trinajstić information content (AvgIpc) is 3.51. The van der Waals surface area contributed by atoms with E-state index in [0.29, 0.717) is 28.0 Å². The van der Waals surface area contributed by atoms with Gasteiger partial charge in [-0.1, -0.05) is 80.9 Å². The topological polar surface area (TPSA) is 93.1 Å². The minimum absolute atomic E-state index is 0.0642. The van der Waals surface area contributed by atoms with Crippen molar-refractivity contribution >= 4 is 40.2 Å². The van der Waals surface area contributed by atoms with Crippen molar-refractivity contribution in [2.45, 2.75) is 75.4 Å². The summed E-state index contributed by atoms with van der Waals surface area (Å²) in [5, 5.41) is 6.78. The second kappa shape index (κ2) is 13.2. The van der Waals surface area contributed by atoms with Crippen molar-refractivity contribution in [3.63, 3.8) is 0 Å². The van der Waals surface area contributed by atoms with Crippen molar-refractivity contribution in [3.8, 4) is 0 Å². The Morgan fingerprint density at radius 3 is 2.41 bits per heavy atom. The van der Waals surface area contributed by atoms with E-state index >= 15 is 0 Å². The smallest absolute Gasteiger partial charge is 0.262 e. The van der Waals surface area contributed by atoms with Crippen LogP contribution in [0.5, 0.6) is 0 Å². The molecule has 2 N–H and O–H groups in total. The van der Waals surface area contributed by atoms with Gasteiger partial charge in [-0.15, -0.1) is 0 Å². The lowest BCUT2D eigenvalue weighted by molar-refractivity contribution is -0.115. The molecule has 1 aromatic heterocycles. The van der Waals surface area contributed by atoms with Crippen LogP contribution in [0.4, 0.5) is 5.69 Å². The number of amides is 2. The second-order valence-corrected chi connectivity index (χ2v) is 11.6. The Morgan fingerprint density at radius 1 is 0.976 bits per heavy atom. The van der Waals surface area contributed by atoms with Crippen molar-refractivity contribution in [1.82, 2.24) is 14.9 Å². The molecular weight excluding hydrogens is 532 g/mol. The van der Waals surface area contributed by atoms with Crippen LogP contribution in [0.15, 0.2) is 82.7 Å². The van der Waals surface area contributed by atoms with Crippen LogP contribution < -0.4 is 16.2 Å². The molecule has 8 heteroatoms. The summed E-state index contributed by atoms with van der Waals surface area (Å²) in [5.41, 5.74) is 3.79. The Bertz CT molecular complexity index is 1590. The van der Waals surface area contributed by atoms with Crippen molar-refractivity contribution < 1.29 is 9.59 Å². The highest BCUT2D eigenvalue weighted by Crippen LogP contribution is 2.27. The molecule has 212 valence electrons. The van der Waals surface area contributed by atoms with Crippen molar-refractivity contribution in [3.05, 3.63) is 99.8 Å². The van der Waals surface area contributed by atoms with Crippen LogP contribution in [-0.4, -0.2) is 32.7 Å². The number of fused-ring (bicyclic) bond motifs is 1. The molecule has 0 saturated heterocycles. The number of nitrogens with zero attached hydrogens (tertiary/aromatic N) is 2. The Labute approximate surface area is 244 Å². The number of rotatable bonds is 10. The lowest BCUT2D eigenvalue weighted by Gasteiger charge is -2.19. The summed E-state index contributed by atoms with van der Waals surface area (Å²) in [6.07, 6.45) is 5.76. The zero-order valence-corrected chi connectivity index (χ0v) is 24.4. The van der Waals surface area contributed by atoms with Crippen LogP contribution in [0.2, 0.25) is 0 Å². The molecule has 0 spiro atoms. The molecule has 1 saturated carbocycles. The third-order valence-corrected chi connectivity index (χ3v) is 9.00. The summed E-state index contributed by atoms with van der Waals surface area (Å²) in [5.74, 6) is -0.185. The third kappa shape index (κ3) is 6.70. The van der Waals surface area contributed by atoms with E-state index < -0.39 is 5.25 Å². The van der Waals surface area contributed by atoms with Crippen LogP contribution in [0.3, 0.4) is 0 Å². The first kappa shape index (κ1) is 28.6. The number of carbonyl (C=O) groups is 2. The van der Waals surface area contributed by atoms with Gasteiger partial charge in [0.2, 0.25) is 5.91 Å². The van der Waals surface area contributed by atoms with E-state index in [9.17, 15) is 14.4 Å². The van der Waals surface area contributed by atoms with Crippen LogP contribution in [0, 0.1) is 0 Å². The zero-order chi connectivity index (χ0) is 28.8. The molecule has 0 bridgehead atoms. The van der Waals surface area contributed by atoms with Gasteiger partial charge in [-0.05, 0) is 67.1 Å². The Balaban J connectivity index is 1.40. The van der Waals surface area contributed by atoms with Crippen LogP contribution in [0.1, 0.15) is 67.4 Å². The van der Waals surface area contributed by atoms with Gasteiger partial charge in [0.05, 0.1) is 22.7 Å². The van der Waals surface area contributed by atoms with Gasteiger partial charge in [0.15, 0.2) is 5.16 Å². The molecule has 3 aromatic carbocycles. The number of anilines is 1. The van der Waals surface area contributed by atoms with Gasteiger partial charge in [0.1, 0.15) is 0 Å². The molecule has 1 heterocycles. The second-order valence-electron chi connectivity index (χ2n) is 10.5. The summed E-state index contributed by atoms with van der Waals surface area (Å²) >= 11 is 1.31. The maximum absolute atomic E-state index is 13.7. The number of para-hydroxylation sites is 2. The van der Waals surface area contributed by atoms with E-state index in [0.717, 1.165) is 48.9 Å². The predicted molar refractivity (Wildman–Crippen MR) is 166 cm³/mol. The Kier molecular flexibility index (Phi) is 9.19. The molecule has 1 fully saturated rings. The first-order chi connectivity index (χ1) is 20.0. The molecule has 5 rings (SSSR count). The van der Waals surface area contributed by atoms with Gasteiger partial charge in [-0.2, -0.15) is 0 Å². The Hall–Kier alpha value is -3.91. The fourth-order valence-corrected chi connectivity index (χ4v) is 6.29. The highest BCUT2D eigenvalue weighted by molar-refractivity contribution is 8.00. The number of hydrogen-bond acceptors (Lipinski definition) is 5. The van der Waals surface area contributed by atoms with Gasteiger partial charge < -0.3 is 10.6 Å². The highest BCUT2D eigenvalue weighted by atomic mass is 32.2. The van der Waals surface area contributed by atoms with E-state index in [2.05, 4.69) is 17.6 Å². The van der Waals surface area contributed by atoms with Crippen LogP contribution in [0.25, 0.3) is 10.9 Å². The maximum Gasteiger partial charge on any atom is 0.262 e. The highest BCUT2D eigenvalue weighted by Gasteiger charge is 2.23. The number of nitrogens with one attached hydrogen (secondary N) is 2. The minimum Gasteiger partial charge on any atom is -0.349 e. The fraction of sp³-hybridized carbons (Fsp3) is 0.333. The lowest BCUT2D eigenvalue weighted by Crippen LogP contribution is -2.32. The number of benzene rings is 3. The zero-order valence-electron chi connectivity index (χ0n) is 23.6. The van der Waals surface area contributed by atoms with Crippen molar-refractivity contribution in [1.29, 1.82) is 0 Å². The number of aromatic nitrogens is 2. The van der Waals surface area contributed by atoms with Gasteiger partial charge in [-0.25, -0.2) is 4.98 Å². The summed E-state index contributed by atoms with van der Waals surface area (Å²) in [7, 11) is 0. The molecule has 41 heavy (non-hydrogen) atoms. The van der Waals surface area contributed by atoms with Gasteiger partial charge in [0.25, 0.3) is 11.5 Å². The molecule has 1 aliphatic rings. The number of aryl methyl sites for hydroxylation is 1. The van der Waals surface area contributed by atoms with E-state index in [4.69, 9.17) is 4.98 Å². The number of thioether (sulfide) groups is 1. The quantitative estimate of drug-likeness (QED) is 0.176. The summed E-state index contributed by atoms with van der Waals surface area (Å²) < 4.78 is 1.64. The van der Waals surface area contributed by atoms with Crippen molar-refractivity contribution in [2.24, 2.45) is 0 Å². The maximum atomic E-state index is 13.7. The fourth-order valence-electron chi connectivity index (χ4n) is 5.27. The normalized spacial score (nSPS) is 14.2. The van der Waals surface area contributed by atoms with Gasteiger partial charge >= 0.3 is 0 Å². The molecule has 1 atom stereocenters. The largest absolute Gasteiger partial charge is 0.349 e. The summed E-state index contributed by atoms with van der Waals surface area (Å²) in [4.78, 5) is 44.6. The molecule has 0 radical (unpaired) electrons. The van der Waals surface area contributed by atoms with E-state index in [-0.39, 0.29) is 30.0 Å². The standard InChI is InChI=1S/C33H36N4O3S/c1-3-23-11-5-9-15-27(23)35-31(39)29(4-2)41-33-36-28-16-10-8-14-26(28)32(40)37(33)21-22-17-19-24(20-18-22)30(38)34-25-12-6-7-13-25/h5,8-11,14-20,25,29H,3-4,6-7,12-13,21H2,1-2H3,(H,34,38)(H,35,39)/t29-/m1/s1. The van der Waals surface area contributed by atoms with Gasteiger partial charge in [0, 0.05) is 17.3 Å². The lowest BCUT2D eigenvalue weighted by atomic mass is 10.1. The molecule has 4 aromatic rings. The minimum atomic E-state index is -0.444. The average molecular weight is 569 g/mol. The van der Waals surface area contributed by atoms with Crippen LogP contribution in [-0.2, 0) is 17.8 Å². The monoisotopic (exact) mass is 568 g/mol. The SMILES string of the molecule is CCc1ccccc1NC(=O)[C@@H](CC)Sc1nc2ccccc2c(=O)n1Cc1ccc(C(=O)NC2CCCC2)cc1. The summed E-state index contributed by atoms with van der Waals surface area (Å²) in [6.45, 7) is 4.30. The van der Waals surface area contributed by atoms with E-state index in [1.54, 1.807) is 22.8 Å². The first-order valence-corrected chi connectivity index (χ1v) is 15.3. The molecule has 0 unspecified atom stereocenters. The Morgan fingerprint density at radius 2 is 1.68 bits per heavy atom. The third-order valence-electron chi connectivity index (χ3n) is 7.64. The van der Waals surface area contributed by atoms with E-state index in [1.165, 1.54) is 11.8 Å². The van der Waals surface area contributed by atoms with Crippen molar-refractivity contribution in [2.75, 3.05) is 5.32 Å². The molecule has 0 aliphatic heterocycles. The predicted octanol–water partition coefficient (Wildman–Crippen LogP) is 6.19.